The number of rotatable bonds is 4. The van der Waals surface area contributed by atoms with E-state index in [9.17, 15) is 9.59 Å². The third-order valence-electron chi connectivity index (χ3n) is 4.59. The molecule has 1 N–H and O–H groups in total. The SMILES string of the molecule is C[N+]1(C(=O)CCCC(=O)O)CCCC2CCCC=C21. The molecule has 1 saturated heterocycles. The van der Waals surface area contributed by atoms with E-state index in [4.69, 9.17) is 5.11 Å². The van der Waals surface area contributed by atoms with Crippen LogP contribution in [0.15, 0.2) is 11.8 Å². The third kappa shape index (κ3) is 3.06. The zero-order valence-corrected chi connectivity index (χ0v) is 11.7. The summed E-state index contributed by atoms with van der Waals surface area (Å²) in [6, 6.07) is 0. The van der Waals surface area contributed by atoms with Gasteiger partial charge in [-0.2, -0.15) is 0 Å². The third-order valence-corrected chi connectivity index (χ3v) is 4.59. The van der Waals surface area contributed by atoms with Crippen LogP contribution in [0.5, 0.6) is 0 Å². The van der Waals surface area contributed by atoms with Gasteiger partial charge in [-0.25, -0.2) is 9.28 Å². The molecule has 4 heteroatoms. The van der Waals surface area contributed by atoms with E-state index < -0.39 is 5.97 Å². The molecule has 0 aromatic heterocycles. The van der Waals surface area contributed by atoms with Crippen LogP contribution in [0.4, 0.5) is 0 Å². The number of nitrogens with zero attached hydrogens (tertiary/aromatic N) is 1. The summed E-state index contributed by atoms with van der Waals surface area (Å²) in [4.78, 5) is 23.0. The minimum Gasteiger partial charge on any atom is -0.481 e. The number of hydrogen-bond acceptors (Lipinski definition) is 2. The number of hydrogen-bond donors (Lipinski definition) is 1. The van der Waals surface area contributed by atoms with E-state index in [0.29, 0.717) is 23.2 Å². The highest BCUT2D eigenvalue weighted by molar-refractivity contribution is 5.72. The molecule has 0 spiro atoms. The smallest absolute Gasteiger partial charge is 0.318 e. The van der Waals surface area contributed by atoms with Gasteiger partial charge in [0.1, 0.15) is 5.70 Å². The molecule has 1 amide bonds. The Hall–Kier alpha value is -1.16. The summed E-state index contributed by atoms with van der Waals surface area (Å²) in [6.07, 6.45) is 9.04. The first-order chi connectivity index (χ1) is 9.04. The van der Waals surface area contributed by atoms with Crippen molar-refractivity contribution in [3.63, 3.8) is 0 Å². The molecule has 0 bridgehead atoms. The van der Waals surface area contributed by atoms with Crippen molar-refractivity contribution >= 4 is 11.9 Å². The number of fused-ring (bicyclic) bond motifs is 1. The predicted octanol–water partition coefficient (Wildman–Crippen LogP) is 2.69. The average molecular weight is 266 g/mol. The highest BCUT2D eigenvalue weighted by Gasteiger charge is 2.43. The minimum absolute atomic E-state index is 0.0915. The predicted molar refractivity (Wildman–Crippen MR) is 72.2 cm³/mol. The molecule has 0 radical (unpaired) electrons. The van der Waals surface area contributed by atoms with Crippen LogP contribution in [0.1, 0.15) is 51.4 Å². The van der Waals surface area contributed by atoms with Gasteiger partial charge in [0.25, 0.3) is 0 Å². The molecule has 0 aromatic rings. The lowest BCUT2D eigenvalue weighted by Gasteiger charge is -2.42. The molecule has 1 fully saturated rings. The van der Waals surface area contributed by atoms with Crippen molar-refractivity contribution in [2.45, 2.75) is 51.4 Å². The summed E-state index contributed by atoms with van der Waals surface area (Å²) in [5.41, 5.74) is 1.30. The van der Waals surface area contributed by atoms with E-state index in [0.717, 1.165) is 19.4 Å². The van der Waals surface area contributed by atoms with Crippen LogP contribution in [0.25, 0.3) is 0 Å². The van der Waals surface area contributed by atoms with Gasteiger partial charge in [-0.15, -0.1) is 0 Å². The van der Waals surface area contributed by atoms with Gasteiger partial charge in [0.05, 0.1) is 20.0 Å². The van der Waals surface area contributed by atoms with Crippen molar-refractivity contribution in [1.29, 1.82) is 0 Å². The maximum atomic E-state index is 12.5. The summed E-state index contributed by atoms with van der Waals surface area (Å²) in [6.45, 7) is 0.883. The Kier molecular flexibility index (Phi) is 4.40. The number of carboxylic acid groups (broad SMARTS) is 1. The Bertz CT molecular complexity index is 402. The molecule has 1 heterocycles. The monoisotopic (exact) mass is 266 g/mol. The highest BCUT2D eigenvalue weighted by atomic mass is 16.4. The highest BCUT2D eigenvalue weighted by Crippen LogP contribution is 2.39. The van der Waals surface area contributed by atoms with Crippen molar-refractivity contribution in [2.24, 2.45) is 5.92 Å². The number of amides is 1. The maximum absolute atomic E-state index is 12.5. The van der Waals surface area contributed by atoms with Crippen molar-refractivity contribution in [3.8, 4) is 0 Å². The summed E-state index contributed by atoms with van der Waals surface area (Å²) < 4.78 is 0.435. The molecule has 0 aromatic carbocycles. The lowest BCUT2D eigenvalue weighted by Crippen LogP contribution is -2.53. The topological polar surface area (TPSA) is 54.4 Å². The molecule has 2 unspecified atom stereocenters. The van der Waals surface area contributed by atoms with Crippen molar-refractivity contribution in [3.05, 3.63) is 11.8 Å². The second kappa shape index (κ2) is 5.87. The summed E-state index contributed by atoms with van der Waals surface area (Å²) >= 11 is 0. The summed E-state index contributed by atoms with van der Waals surface area (Å²) in [7, 11) is 2.02. The zero-order chi connectivity index (χ0) is 13.9. The molecule has 1 aliphatic heterocycles. The first-order valence-electron chi connectivity index (χ1n) is 7.35. The second-order valence-corrected chi connectivity index (χ2v) is 5.96. The van der Waals surface area contributed by atoms with E-state index in [1.54, 1.807) is 0 Å². The lowest BCUT2D eigenvalue weighted by molar-refractivity contribution is -0.805. The first-order valence-corrected chi connectivity index (χ1v) is 7.35. The first kappa shape index (κ1) is 14.3. The molecule has 4 nitrogen and oxygen atoms in total. The Morgan fingerprint density at radius 2 is 2.05 bits per heavy atom. The number of likely N-dealkylation sites (tertiary alicyclic amines) is 1. The van der Waals surface area contributed by atoms with Gasteiger partial charge in [0.2, 0.25) is 0 Å². The van der Waals surface area contributed by atoms with Crippen LogP contribution in [-0.2, 0) is 9.59 Å². The quantitative estimate of drug-likeness (QED) is 0.796. The summed E-state index contributed by atoms with van der Waals surface area (Å²) in [5, 5.41) is 8.66. The molecule has 1 aliphatic carbocycles. The Labute approximate surface area is 114 Å². The molecule has 0 saturated carbocycles. The second-order valence-electron chi connectivity index (χ2n) is 5.96. The minimum atomic E-state index is -0.816. The fourth-order valence-corrected chi connectivity index (χ4v) is 3.51. The molecule has 19 heavy (non-hydrogen) atoms. The van der Waals surface area contributed by atoms with Gasteiger partial charge in [0.15, 0.2) is 0 Å². The van der Waals surface area contributed by atoms with E-state index >= 15 is 0 Å². The van der Waals surface area contributed by atoms with Crippen LogP contribution in [0, 0.1) is 5.92 Å². The fraction of sp³-hybridized carbons (Fsp3) is 0.733. The van der Waals surface area contributed by atoms with E-state index in [1.807, 2.05) is 7.05 Å². The Balaban J connectivity index is 2.04. The van der Waals surface area contributed by atoms with Gasteiger partial charge < -0.3 is 5.11 Å². The molecule has 2 rings (SSSR count). The van der Waals surface area contributed by atoms with Gasteiger partial charge >= 0.3 is 11.9 Å². The van der Waals surface area contributed by atoms with E-state index in [-0.39, 0.29) is 12.3 Å². The normalized spacial score (nSPS) is 30.4. The number of piperidine rings is 1. The Morgan fingerprint density at radius 3 is 2.79 bits per heavy atom. The molecule has 106 valence electrons. The van der Waals surface area contributed by atoms with Crippen molar-refractivity contribution in [2.75, 3.05) is 13.6 Å². The van der Waals surface area contributed by atoms with Gasteiger partial charge in [0, 0.05) is 12.3 Å². The standard InChI is InChI=1S/C15H23NO3/c1-16(14(17)9-4-10-15(18)19)11-5-7-12-6-2-3-8-13(12)16/h8,12H,2-7,9-11H2,1H3/p+1. The van der Waals surface area contributed by atoms with Crippen molar-refractivity contribution in [1.82, 2.24) is 0 Å². The van der Waals surface area contributed by atoms with Gasteiger partial charge in [-0.05, 0) is 44.6 Å². The number of carbonyl (C=O) groups is 2. The van der Waals surface area contributed by atoms with Gasteiger partial charge in [-0.1, -0.05) is 0 Å². The van der Waals surface area contributed by atoms with Crippen LogP contribution in [0.3, 0.4) is 0 Å². The van der Waals surface area contributed by atoms with Crippen LogP contribution < -0.4 is 0 Å². The largest absolute Gasteiger partial charge is 0.481 e. The summed E-state index contributed by atoms with van der Waals surface area (Å²) in [5.74, 6) is -0.0427. The number of quaternary nitrogens is 1. The lowest BCUT2D eigenvalue weighted by atomic mass is 9.83. The molecule has 2 atom stereocenters. The van der Waals surface area contributed by atoms with Crippen LogP contribution >= 0.6 is 0 Å². The number of aliphatic carboxylic acids is 1. The van der Waals surface area contributed by atoms with Crippen LogP contribution in [0.2, 0.25) is 0 Å². The zero-order valence-electron chi connectivity index (χ0n) is 11.7. The molecule has 2 aliphatic rings. The number of carboxylic acids is 1. The van der Waals surface area contributed by atoms with Crippen LogP contribution in [-0.4, -0.2) is 35.1 Å². The maximum Gasteiger partial charge on any atom is 0.318 e. The Morgan fingerprint density at radius 1 is 1.32 bits per heavy atom. The van der Waals surface area contributed by atoms with E-state index in [1.165, 1.54) is 25.0 Å². The number of carbonyl (C=O) groups excluding carboxylic acids is 1. The fourth-order valence-electron chi connectivity index (χ4n) is 3.51. The molecular formula is C15H24NO3+. The van der Waals surface area contributed by atoms with Gasteiger partial charge in [-0.3, -0.25) is 4.79 Å². The van der Waals surface area contributed by atoms with Crippen molar-refractivity contribution < 1.29 is 19.2 Å². The van der Waals surface area contributed by atoms with E-state index in [2.05, 4.69) is 6.08 Å². The molecular weight excluding hydrogens is 242 g/mol. The number of allylic oxidation sites excluding steroid dienone is 2. The average Bonchev–Trinajstić information content (AvgIpc) is 2.39.